The van der Waals surface area contributed by atoms with E-state index in [9.17, 15) is 18.0 Å². The minimum atomic E-state index is -4.77. The Morgan fingerprint density at radius 3 is 2.64 bits per heavy atom. The summed E-state index contributed by atoms with van der Waals surface area (Å²) >= 11 is 0. The minimum Gasteiger partial charge on any atom is -0.406 e. The van der Waals surface area contributed by atoms with Crippen LogP contribution in [0.2, 0.25) is 0 Å². The number of amides is 1. The Morgan fingerprint density at radius 2 is 1.91 bits per heavy atom. The van der Waals surface area contributed by atoms with Gasteiger partial charge in [0.05, 0.1) is 0 Å². The van der Waals surface area contributed by atoms with Gasteiger partial charge in [-0.1, -0.05) is 35.0 Å². The van der Waals surface area contributed by atoms with Crippen molar-refractivity contribution < 1.29 is 27.2 Å². The lowest BCUT2D eigenvalue weighted by atomic mass is 10.1. The van der Waals surface area contributed by atoms with Crippen LogP contribution in [0.25, 0.3) is 23.0 Å². The number of alkyl halides is 3. The molecule has 2 aromatic carbocycles. The molecule has 4 aromatic rings. The lowest BCUT2D eigenvalue weighted by molar-refractivity contribution is -0.274. The molecule has 10 heteroatoms. The van der Waals surface area contributed by atoms with Crippen LogP contribution in [0.1, 0.15) is 11.1 Å². The van der Waals surface area contributed by atoms with Gasteiger partial charge in [0.2, 0.25) is 11.7 Å². The summed E-state index contributed by atoms with van der Waals surface area (Å²) in [7, 11) is 0. The predicted molar refractivity (Wildman–Crippen MR) is 113 cm³/mol. The van der Waals surface area contributed by atoms with Crippen LogP contribution in [0.5, 0.6) is 5.75 Å². The number of rotatable bonds is 7. The first-order valence-electron chi connectivity index (χ1n) is 9.94. The van der Waals surface area contributed by atoms with Crippen molar-refractivity contribution in [1.82, 2.24) is 20.0 Å². The summed E-state index contributed by atoms with van der Waals surface area (Å²) in [6.07, 6.45) is -3.05. The number of nitrogens with one attached hydrogen (secondary N) is 1. The Kier molecular flexibility index (Phi) is 6.16. The first-order chi connectivity index (χ1) is 15.8. The Bertz CT molecular complexity index is 1250. The fourth-order valence-corrected chi connectivity index (χ4v) is 3.23. The number of hydrogen-bond acceptors (Lipinski definition) is 5. The van der Waals surface area contributed by atoms with Gasteiger partial charge in [-0.3, -0.25) is 4.79 Å². The van der Waals surface area contributed by atoms with Crippen LogP contribution in [0.15, 0.2) is 71.4 Å². The third kappa shape index (κ3) is 5.79. The SMILES string of the molecule is Cc1cccc(CNC(=O)Cn2cccc2-c2nc(-c3ccc(OC(F)(F)F)cc3)no2)c1. The van der Waals surface area contributed by atoms with Crippen molar-refractivity contribution in [3.8, 4) is 28.7 Å². The van der Waals surface area contributed by atoms with E-state index in [2.05, 4.69) is 20.2 Å². The lowest BCUT2D eigenvalue weighted by Crippen LogP contribution is -2.27. The third-order valence-corrected chi connectivity index (χ3v) is 4.71. The molecule has 0 atom stereocenters. The fourth-order valence-electron chi connectivity index (χ4n) is 3.23. The average molecular weight is 456 g/mol. The van der Waals surface area contributed by atoms with Crippen LogP contribution >= 0.6 is 0 Å². The second-order valence-electron chi connectivity index (χ2n) is 7.28. The van der Waals surface area contributed by atoms with Crippen LogP contribution in [-0.4, -0.2) is 27.0 Å². The number of hydrogen-bond donors (Lipinski definition) is 1. The van der Waals surface area contributed by atoms with Gasteiger partial charge in [0.25, 0.3) is 5.89 Å². The summed E-state index contributed by atoms with van der Waals surface area (Å²) in [4.78, 5) is 16.7. The third-order valence-electron chi connectivity index (χ3n) is 4.71. The topological polar surface area (TPSA) is 82.2 Å². The van der Waals surface area contributed by atoms with Crippen LogP contribution < -0.4 is 10.1 Å². The molecular weight excluding hydrogens is 437 g/mol. The molecule has 170 valence electrons. The molecular formula is C23H19F3N4O3. The number of aryl methyl sites for hydroxylation is 1. The maximum absolute atomic E-state index is 12.4. The second kappa shape index (κ2) is 9.19. The van der Waals surface area contributed by atoms with E-state index in [1.54, 1.807) is 22.9 Å². The van der Waals surface area contributed by atoms with Gasteiger partial charge < -0.3 is 19.1 Å². The molecule has 0 aliphatic heterocycles. The molecule has 1 amide bonds. The zero-order valence-corrected chi connectivity index (χ0v) is 17.5. The Hall–Kier alpha value is -4.08. The van der Waals surface area contributed by atoms with E-state index < -0.39 is 6.36 Å². The van der Waals surface area contributed by atoms with E-state index in [1.807, 2.05) is 31.2 Å². The Labute approximate surface area is 186 Å². The van der Waals surface area contributed by atoms with Crippen LogP contribution in [0, 0.1) is 6.92 Å². The molecule has 0 aliphatic carbocycles. The highest BCUT2D eigenvalue weighted by molar-refractivity contribution is 5.76. The molecule has 1 N–H and O–H groups in total. The van der Waals surface area contributed by atoms with Crippen LogP contribution in [0.4, 0.5) is 13.2 Å². The van der Waals surface area contributed by atoms with E-state index in [4.69, 9.17) is 4.52 Å². The molecule has 0 saturated heterocycles. The molecule has 33 heavy (non-hydrogen) atoms. The molecule has 0 spiro atoms. The maximum Gasteiger partial charge on any atom is 0.573 e. The first kappa shape index (κ1) is 22.1. The largest absolute Gasteiger partial charge is 0.573 e. The average Bonchev–Trinajstić information content (AvgIpc) is 3.41. The van der Waals surface area contributed by atoms with Gasteiger partial charge in [-0.15, -0.1) is 13.2 Å². The lowest BCUT2D eigenvalue weighted by Gasteiger charge is -2.09. The number of halogens is 3. The molecule has 0 bridgehead atoms. The molecule has 0 radical (unpaired) electrons. The number of benzene rings is 2. The standard InChI is InChI=1S/C23H19F3N4O3/c1-15-4-2-5-16(12-15)13-27-20(31)14-30-11-3-6-19(30)22-28-21(29-33-22)17-7-9-18(10-8-17)32-23(24,25)26/h2-12H,13-14H2,1H3,(H,27,31). The van der Waals surface area contributed by atoms with Crippen LogP contribution in [-0.2, 0) is 17.9 Å². The second-order valence-corrected chi connectivity index (χ2v) is 7.28. The van der Waals surface area contributed by atoms with Crippen molar-refractivity contribution in [2.45, 2.75) is 26.4 Å². The van der Waals surface area contributed by atoms with Gasteiger partial charge in [-0.2, -0.15) is 4.98 Å². The van der Waals surface area contributed by atoms with E-state index >= 15 is 0 Å². The quantitative estimate of drug-likeness (QED) is 0.435. The zero-order chi connectivity index (χ0) is 23.4. The van der Waals surface area contributed by atoms with Gasteiger partial charge in [-0.25, -0.2) is 0 Å². The van der Waals surface area contributed by atoms with E-state index in [0.717, 1.165) is 11.1 Å². The van der Waals surface area contributed by atoms with Gasteiger partial charge in [0.15, 0.2) is 0 Å². The first-order valence-corrected chi connectivity index (χ1v) is 9.94. The summed E-state index contributed by atoms with van der Waals surface area (Å²) in [5.41, 5.74) is 3.11. The summed E-state index contributed by atoms with van der Waals surface area (Å²) in [5, 5.41) is 6.77. The smallest absolute Gasteiger partial charge is 0.406 e. The van der Waals surface area contributed by atoms with Crippen LogP contribution in [0.3, 0.4) is 0 Å². The van der Waals surface area contributed by atoms with Crippen molar-refractivity contribution in [1.29, 1.82) is 0 Å². The maximum atomic E-state index is 12.4. The highest BCUT2D eigenvalue weighted by Crippen LogP contribution is 2.27. The van der Waals surface area contributed by atoms with Crippen molar-refractivity contribution in [3.63, 3.8) is 0 Å². The Morgan fingerprint density at radius 1 is 1.12 bits per heavy atom. The zero-order valence-electron chi connectivity index (χ0n) is 17.5. The summed E-state index contributed by atoms with van der Waals surface area (Å²) in [6.45, 7) is 2.45. The van der Waals surface area contributed by atoms with Gasteiger partial charge in [0, 0.05) is 18.3 Å². The van der Waals surface area contributed by atoms with Crippen molar-refractivity contribution >= 4 is 5.91 Å². The summed E-state index contributed by atoms with van der Waals surface area (Å²) in [6, 6.07) is 16.5. The molecule has 0 saturated carbocycles. The molecule has 4 rings (SSSR count). The number of nitrogens with zero attached hydrogens (tertiary/aromatic N) is 3. The van der Waals surface area contributed by atoms with Gasteiger partial charge in [-0.05, 0) is 48.9 Å². The van der Waals surface area contributed by atoms with E-state index in [0.29, 0.717) is 17.8 Å². The predicted octanol–water partition coefficient (Wildman–Crippen LogP) is 4.73. The van der Waals surface area contributed by atoms with Crippen molar-refractivity contribution in [2.75, 3.05) is 0 Å². The van der Waals surface area contributed by atoms with Crippen molar-refractivity contribution in [3.05, 3.63) is 78.0 Å². The molecule has 0 fully saturated rings. The number of carbonyl (C=O) groups excluding carboxylic acids is 1. The fraction of sp³-hybridized carbons (Fsp3) is 0.174. The van der Waals surface area contributed by atoms with Crippen molar-refractivity contribution in [2.24, 2.45) is 0 Å². The monoisotopic (exact) mass is 456 g/mol. The highest BCUT2D eigenvalue weighted by atomic mass is 19.4. The summed E-state index contributed by atoms with van der Waals surface area (Å²) < 4.78 is 47.8. The van der Waals surface area contributed by atoms with Gasteiger partial charge in [0.1, 0.15) is 18.0 Å². The summed E-state index contributed by atoms with van der Waals surface area (Å²) in [5.74, 6) is -0.160. The molecule has 7 nitrogen and oxygen atoms in total. The normalized spacial score (nSPS) is 11.4. The number of ether oxygens (including phenoxy) is 1. The van der Waals surface area contributed by atoms with Gasteiger partial charge >= 0.3 is 6.36 Å². The molecule has 2 heterocycles. The molecule has 0 aliphatic rings. The molecule has 0 unspecified atom stereocenters. The number of aromatic nitrogens is 3. The minimum absolute atomic E-state index is 0.0509. The molecule has 2 aromatic heterocycles. The Balaban J connectivity index is 1.42. The number of carbonyl (C=O) groups is 1. The van der Waals surface area contributed by atoms with E-state index in [1.165, 1.54) is 24.3 Å². The van der Waals surface area contributed by atoms with E-state index in [-0.39, 0.29) is 29.9 Å². The highest BCUT2D eigenvalue weighted by Gasteiger charge is 2.31.